The van der Waals surface area contributed by atoms with E-state index in [2.05, 4.69) is 10.2 Å². The molecule has 0 aliphatic carbocycles. The monoisotopic (exact) mass is 221 g/mol. The maximum absolute atomic E-state index is 13.5. The molecule has 1 heterocycles. The van der Waals surface area contributed by atoms with Crippen molar-refractivity contribution in [1.29, 1.82) is 0 Å². The van der Waals surface area contributed by atoms with Gasteiger partial charge in [-0.15, -0.1) is 0 Å². The molecule has 2 aromatic rings. The highest BCUT2D eigenvalue weighted by Crippen LogP contribution is 2.34. The number of anilines is 1. The normalized spacial score (nSPS) is 10.4. The van der Waals surface area contributed by atoms with Crippen molar-refractivity contribution in [3.8, 4) is 16.9 Å². The molecule has 2 rings (SSSR count). The molecule has 0 spiro atoms. The Labute approximate surface area is 92.2 Å². The zero-order valence-corrected chi connectivity index (χ0v) is 9.04. The van der Waals surface area contributed by atoms with Gasteiger partial charge in [0.1, 0.15) is 17.4 Å². The second-order valence-electron chi connectivity index (χ2n) is 3.50. The Balaban J connectivity index is 2.64. The highest BCUT2D eigenvalue weighted by molar-refractivity contribution is 5.78. The van der Waals surface area contributed by atoms with Crippen molar-refractivity contribution in [2.75, 3.05) is 12.8 Å². The molecule has 0 unspecified atom stereocenters. The van der Waals surface area contributed by atoms with Gasteiger partial charge in [0.05, 0.1) is 13.3 Å². The van der Waals surface area contributed by atoms with E-state index in [9.17, 15) is 4.39 Å². The Morgan fingerprint density at radius 1 is 1.38 bits per heavy atom. The van der Waals surface area contributed by atoms with E-state index in [-0.39, 0.29) is 5.82 Å². The van der Waals surface area contributed by atoms with Crippen LogP contribution in [-0.4, -0.2) is 17.3 Å². The largest absolute Gasteiger partial charge is 0.496 e. The van der Waals surface area contributed by atoms with Crippen LogP contribution >= 0.6 is 0 Å². The maximum atomic E-state index is 13.5. The Kier molecular flexibility index (Phi) is 2.52. The Morgan fingerprint density at radius 2 is 2.12 bits per heavy atom. The van der Waals surface area contributed by atoms with Crippen LogP contribution in [0, 0.1) is 12.7 Å². The van der Waals surface area contributed by atoms with Gasteiger partial charge in [-0.25, -0.2) is 4.39 Å². The van der Waals surface area contributed by atoms with E-state index in [0.29, 0.717) is 28.3 Å². The number of nitrogens with one attached hydrogen (secondary N) is 1. The molecule has 16 heavy (non-hydrogen) atoms. The molecule has 0 saturated heterocycles. The Bertz CT molecular complexity index is 522. The molecule has 1 aromatic heterocycles. The van der Waals surface area contributed by atoms with Gasteiger partial charge in [0.2, 0.25) is 0 Å². The van der Waals surface area contributed by atoms with Gasteiger partial charge in [0, 0.05) is 11.1 Å². The fourth-order valence-electron chi connectivity index (χ4n) is 1.55. The first-order valence-electron chi connectivity index (χ1n) is 4.77. The van der Waals surface area contributed by atoms with Crippen LogP contribution in [0.25, 0.3) is 11.1 Å². The molecule has 1 aromatic carbocycles. The number of rotatable bonds is 2. The lowest BCUT2D eigenvalue weighted by Gasteiger charge is -2.09. The van der Waals surface area contributed by atoms with Gasteiger partial charge in [-0.3, -0.25) is 5.10 Å². The van der Waals surface area contributed by atoms with Crippen LogP contribution in [-0.2, 0) is 0 Å². The number of hydrogen-bond donors (Lipinski definition) is 2. The number of nitrogen functional groups attached to an aromatic ring is 1. The highest BCUT2D eigenvalue weighted by atomic mass is 19.1. The third-order valence-electron chi connectivity index (χ3n) is 2.44. The number of halogens is 1. The van der Waals surface area contributed by atoms with Gasteiger partial charge in [-0.05, 0) is 24.6 Å². The molecular weight excluding hydrogens is 209 g/mol. The first-order valence-corrected chi connectivity index (χ1v) is 4.77. The van der Waals surface area contributed by atoms with Gasteiger partial charge in [0.25, 0.3) is 0 Å². The molecule has 0 fully saturated rings. The van der Waals surface area contributed by atoms with Crippen molar-refractivity contribution in [2.24, 2.45) is 0 Å². The van der Waals surface area contributed by atoms with Gasteiger partial charge < -0.3 is 10.5 Å². The predicted octanol–water partition coefficient (Wildman–Crippen LogP) is 2.12. The third-order valence-corrected chi connectivity index (χ3v) is 2.44. The van der Waals surface area contributed by atoms with Gasteiger partial charge in [-0.1, -0.05) is 0 Å². The van der Waals surface area contributed by atoms with E-state index < -0.39 is 0 Å². The number of H-pyrrole nitrogens is 1. The van der Waals surface area contributed by atoms with Crippen molar-refractivity contribution in [2.45, 2.75) is 6.92 Å². The lowest BCUT2D eigenvalue weighted by molar-refractivity contribution is 0.415. The molecule has 0 radical (unpaired) electrons. The number of methoxy groups -OCH3 is 1. The summed E-state index contributed by atoms with van der Waals surface area (Å²) in [5.74, 6) is 0.671. The third kappa shape index (κ3) is 1.60. The predicted molar refractivity (Wildman–Crippen MR) is 59.7 cm³/mol. The smallest absolute Gasteiger partial charge is 0.127 e. The minimum Gasteiger partial charge on any atom is -0.496 e. The lowest BCUT2D eigenvalue weighted by atomic mass is 10.0. The standard InChI is InChI=1S/C11H12FN3O/c1-6-3-10(16-2)7(4-9(6)12)8-5-14-15-11(8)13/h3-5H,1-2H3,(H3,13,14,15). The Morgan fingerprint density at radius 3 is 2.69 bits per heavy atom. The minimum atomic E-state index is -0.295. The summed E-state index contributed by atoms with van der Waals surface area (Å²) in [6.07, 6.45) is 1.54. The summed E-state index contributed by atoms with van der Waals surface area (Å²) in [6, 6.07) is 3.03. The summed E-state index contributed by atoms with van der Waals surface area (Å²) in [5, 5.41) is 6.40. The van der Waals surface area contributed by atoms with Crippen LogP contribution < -0.4 is 10.5 Å². The topological polar surface area (TPSA) is 63.9 Å². The summed E-state index contributed by atoms with van der Waals surface area (Å²) >= 11 is 0. The summed E-state index contributed by atoms with van der Waals surface area (Å²) in [5.41, 5.74) is 7.45. The number of hydrogen-bond acceptors (Lipinski definition) is 3. The Hall–Kier alpha value is -2.04. The lowest BCUT2D eigenvalue weighted by Crippen LogP contribution is -1.94. The average molecular weight is 221 g/mol. The fraction of sp³-hybridized carbons (Fsp3) is 0.182. The summed E-state index contributed by atoms with van der Waals surface area (Å²) in [6.45, 7) is 1.68. The van der Waals surface area contributed by atoms with Crippen molar-refractivity contribution in [1.82, 2.24) is 10.2 Å². The summed E-state index contributed by atoms with van der Waals surface area (Å²) < 4.78 is 18.7. The van der Waals surface area contributed by atoms with Crippen LogP contribution in [0.15, 0.2) is 18.3 Å². The van der Waals surface area contributed by atoms with Crippen molar-refractivity contribution in [3.63, 3.8) is 0 Å². The average Bonchev–Trinajstić information content (AvgIpc) is 2.68. The maximum Gasteiger partial charge on any atom is 0.127 e. The molecule has 4 nitrogen and oxygen atoms in total. The molecule has 0 bridgehead atoms. The quantitative estimate of drug-likeness (QED) is 0.816. The van der Waals surface area contributed by atoms with Crippen LogP contribution in [0.5, 0.6) is 5.75 Å². The van der Waals surface area contributed by atoms with Crippen LogP contribution in [0.1, 0.15) is 5.56 Å². The first kappa shape index (κ1) is 10.5. The number of nitrogens with two attached hydrogens (primary N) is 1. The molecule has 5 heteroatoms. The van der Waals surface area contributed by atoms with Gasteiger partial charge in [-0.2, -0.15) is 5.10 Å². The number of aromatic nitrogens is 2. The van der Waals surface area contributed by atoms with E-state index in [4.69, 9.17) is 10.5 Å². The van der Waals surface area contributed by atoms with E-state index in [1.807, 2.05) is 0 Å². The number of aryl methyl sites for hydroxylation is 1. The molecule has 0 atom stereocenters. The zero-order chi connectivity index (χ0) is 11.7. The van der Waals surface area contributed by atoms with E-state index in [1.54, 1.807) is 19.2 Å². The first-order chi connectivity index (χ1) is 7.63. The number of ether oxygens (including phenoxy) is 1. The second-order valence-corrected chi connectivity index (χ2v) is 3.50. The highest BCUT2D eigenvalue weighted by Gasteiger charge is 2.13. The molecule has 0 amide bonds. The molecule has 3 N–H and O–H groups in total. The minimum absolute atomic E-state index is 0.295. The van der Waals surface area contributed by atoms with Crippen molar-refractivity contribution in [3.05, 3.63) is 29.7 Å². The number of aromatic amines is 1. The zero-order valence-electron chi connectivity index (χ0n) is 9.04. The molecular formula is C11H12FN3O. The molecule has 0 saturated carbocycles. The van der Waals surface area contributed by atoms with Crippen LogP contribution in [0.3, 0.4) is 0 Å². The van der Waals surface area contributed by atoms with E-state index in [1.165, 1.54) is 13.2 Å². The van der Waals surface area contributed by atoms with Crippen LogP contribution in [0.2, 0.25) is 0 Å². The van der Waals surface area contributed by atoms with Crippen molar-refractivity contribution < 1.29 is 9.13 Å². The fourth-order valence-corrected chi connectivity index (χ4v) is 1.55. The molecule has 0 aliphatic rings. The number of nitrogens with zero attached hydrogens (tertiary/aromatic N) is 1. The van der Waals surface area contributed by atoms with Gasteiger partial charge >= 0.3 is 0 Å². The van der Waals surface area contributed by atoms with E-state index in [0.717, 1.165) is 0 Å². The van der Waals surface area contributed by atoms with Gasteiger partial charge in [0.15, 0.2) is 0 Å². The second kappa shape index (κ2) is 3.84. The SMILES string of the molecule is COc1cc(C)c(F)cc1-c1cn[nH]c1N. The number of benzene rings is 1. The summed E-state index contributed by atoms with van der Waals surface area (Å²) in [4.78, 5) is 0. The molecule has 84 valence electrons. The van der Waals surface area contributed by atoms with Crippen molar-refractivity contribution >= 4 is 5.82 Å². The van der Waals surface area contributed by atoms with Crippen LogP contribution in [0.4, 0.5) is 10.2 Å². The summed E-state index contributed by atoms with van der Waals surface area (Å²) in [7, 11) is 1.53. The van der Waals surface area contributed by atoms with E-state index >= 15 is 0 Å². The molecule has 0 aliphatic heterocycles.